The van der Waals surface area contributed by atoms with Crippen molar-refractivity contribution in [3.8, 4) is 0 Å². The molecule has 2 fully saturated rings. The van der Waals surface area contributed by atoms with Crippen LogP contribution in [-0.2, 0) is 0 Å². The van der Waals surface area contributed by atoms with Crippen LogP contribution in [0.25, 0.3) is 10.9 Å². The van der Waals surface area contributed by atoms with Crippen molar-refractivity contribution in [3.63, 3.8) is 0 Å². The molecule has 1 aromatic heterocycles. The van der Waals surface area contributed by atoms with Gasteiger partial charge in [0.15, 0.2) is 0 Å². The van der Waals surface area contributed by atoms with Crippen LogP contribution in [-0.4, -0.2) is 18.1 Å². The highest BCUT2D eigenvalue weighted by Gasteiger charge is 2.47. The maximum absolute atomic E-state index is 4.46. The molecule has 2 heterocycles. The average molecular weight is 303 g/mol. The molecule has 3 heteroatoms. The predicted molar refractivity (Wildman–Crippen MR) is 77.9 cm³/mol. The van der Waals surface area contributed by atoms with Gasteiger partial charge in [-0.15, -0.1) is 0 Å². The highest BCUT2D eigenvalue weighted by Crippen LogP contribution is 2.53. The Hall–Kier alpha value is -1.09. The van der Waals surface area contributed by atoms with Gasteiger partial charge in [-0.05, 0) is 48.9 Å². The van der Waals surface area contributed by atoms with Crippen molar-refractivity contribution in [1.82, 2.24) is 4.98 Å². The molecule has 0 bridgehead atoms. The summed E-state index contributed by atoms with van der Waals surface area (Å²) < 4.78 is 1.13. The SMILES string of the molecule is Brc1ccc2nccc(N3CCC4(CC4)C3)c2c1. The molecule has 2 aromatic rings. The first kappa shape index (κ1) is 10.8. The van der Waals surface area contributed by atoms with Crippen molar-refractivity contribution in [1.29, 1.82) is 0 Å². The largest absolute Gasteiger partial charge is 0.370 e. The van der Waals surface area contributed by atoms with E-state index in [2.05, 4.69) is 50.1 Å². The van der Waals surface area contributed by atoms with E-state index < -0.39 is 0 Å². The average Bonchev–Trinajstić information content (AvgIpc) is 2.99. The number of hydrogen-bond acceptors (Lipinski definition) is 2. The number of nitrogens with zero attached hydrogens (tertiary/aromatic N) is 2. The van der Waals surface area contributed by atoms with Gasteiger partial charge in [0.1, 0.15) is 0 Å². The molecule has 1 saturated heterocycles. The summed E-state index contributed by atoms with van der Waals surface area (Å²) in [5.74, 6) is 0. The number of fused-ring (bicyclic) bond motifs is 1. The fourth-order valence-corrected chi connectivity index (χ4v) is 3.47. The van der Waals surface area contributed by atoms with Crippen LogP contribution < -0.4 is 4.90 Å². The van der Waals surface area contributed by atoms with Crippen molar-refractivity contribution >= 4 is 32.5 Å². The normalized spacial score (nSPS) is 20.8. The van der Waals surface area contributed by atoms with Crippen LogP contribution in [0, 0.1) is 5.41 Å². The Bertz CT molecular complexity index is 619. The lowest BCUT2D eigenvalue weighted by Crippen LogP contribution is -2.20. The number of hydrogen-bond donors (Lipinski definition) is 0. The summed E-state index contributed by atoms with van der Waals surface area (Å²) in [7, 11) is 0. The number of pyridine rings is 1. The van der Waals surface area contributed by atoms with Crippen LogP contribution in [0.3, 0.4) is 0 Å². The summed E-state index contributed by atoms with van der Waals surface area (Å²) in [6, 6.07) is 8.50. The van der Waals surface area contributed by atoms with Gasteiger partial charge in [-0.1, -0.05) is 15.9 Å². The quantitative estimate of drug-likeness (QED) is 0.792. The Morgan fingerprint density at radius 2 is 2.06 bits per heavy atom. The van der Waals surface area contributed by atoms with Crippen LogP contribution in [0.5, 0.6) is 0 Å². The smallest absolute Gasteiger partial charge is 0.0723 e. The molecule has 1 aliphatic heterocycles. The van der Waals surface area contributed by atoms with Crippen LogP contribution in [0.1, 0.15) is 19.3 Å². The molecule has 2 nitrogen and oxygen atoms in total. The second-order valence-electron chi connectivity index (χ2n) is 5.66. The molecule has 0 unspecified atom stereocenters. The highest BCUT2D eigenvalue weighted by molar-refractivity contribution is 9.10. The van der Waals surface area contributed by atoms with Crippen molar-refractivity contribution in [2.24, 2.45) is 5.41 Å². The van der Waals surface area contributed by atoms with E-state index in [1.165, 1.54) is 43.4 Å². The monoisotopic (exact) mass is 302 g/mol. The molecule has 0 radical (unpaired) electrons. The summed E-state index contributed by atoms with van der Waals surface area (Å²) in [4.78, 5) is 7.00. The number of aromatic nitrogens is 1. The van der Waals surface area contributed by atoms with E-state index in [0.717, 1.165) is 9.99 Å². The van der Waals surface area contributed by atoms with Crippen molar-refractivity contribution in [3.05, 3.63) is 34.9 Å². The van der Waals surface area contributed by atoms with E-state index in [0.29, 0.717) is 5.41 Å². The van der Waals surface area contributed by atoms with Gasteiger partial charge in [0.05, 0.1) is 5.52 Å². The lowest BCUT2D eigenvalue weighted by atomic mass is 10.1. The van der Waals surface area contributed by atoms with Gasteiger partial charge < -0.3 is 4.90 Å². The Morgan fingerprint density at radius 1 is 1.17 bits per heavy atom. The lowest BCUT2D eigenvalue weighted by Gasteiger charge is -2.20. The first-order valence-corrected chi connectivity index (χ1v) is 7.34. The summed E-state index contributed by atoms with van der Waals surface area (Å²) >= 11 is 3.56. The number of anilines is 1. The molecule has 0 N–H and O–H groups in total. The van der Waals surface area contributed by atoms with Crippen molar-refractivity contribution < 1.29 is 0 Å². The third kappa shape index (κ3) is 1.64. The molecule has 1 saturated carbocycles. The summed E-state index contributed by atoms with van der Waals surface area (Å²) in [6.07, 6.45) is 6.15. The zero-order chi connectivity index (χ0) is 12.2. The molecule has 18 heavy (non-hydrogen) atoms. The van der Waals surface area contributed by atoms with Gasteiger partial charge in [-0.2, -0.15) is 0 Å². The maximum Gasteiger partial charge on any atom is 0.0723 e. The van der Waals surface area contributed by atoms with E-state index in [4.69, 9.17) is 0 Å². The predicted octanol–water partition coefficient (Wildman–Crippen LogP) is 3.99. The lowest BCUT2D eigenvalue weighted by molar-refractivity contribution is 0.581. The minimum absolute atomic E-state index is 0.668. The fraction of sp³-hybridized carbons (Fsp3) is 0.400. The second-order valence-corrected chi connectivity index (χ2v) is 6.58. The van der Waals surface area contributed by atoms with Gasteiger partial charge >= 0.3 is 0 Å². The molecule has 1 spiro atoms. The van der Waals surface area contributed by atoms with Crippen molar-refractivity contribution in [2.75, 3.05) is 18.0 Å². The molecular weight excluding hydrogens is 288 g/mol. The molecule has 0 atom stereocenters. The Morgan fingerprint density at radius 3 is 2.83 bits per heavy atom. The first-order chi connectivity index (χ1) is 8.76. The number of rotatable bonds is 1. The maximum atomic E-state index is 4.46. The molecule has 1 aliphatic carbocycles. The molecule has 92 valence electrons. The molecule has 0 amide bonds. The van der Waals surface area contributed by atoms with Crippen LogP contribution >= 0.6 is 15.9 Å². The van der Waals surface area contributed by atoms with Gasteiger partial charge in [0.2, 0.25) is 0 Å². The summed E-state index contributed by atoms with van der Waals surface area (Å²) in [5.41, 5.74) is 3.11. The minimum Gasteiger partial charge on any atom is -0.370 e. The number of benzene rings is 1. The number of halogens is 1. The summed E-state index contributed by atoms with van der Waals surface area (Å²) in [6.45, 7) is 2.43. The molecule has 4 rings (SSSR count). The Labute approximate surface area is 115 Å². The van der Waals surface area contributed by atoms with Crippen molar-refractivity contribution in [2.45, 2.75) is 19.3 Å². The van der Waals surface area contributed by atoms with E-state index in [1.54, 1.807) is 0 Å². The standard InChI is InChI=1S/C15H15BrN2/c16-11-1-2-13-12(9-11)14(3-7-17-13)18-8-6-15(10-18)4-5-15/h1-3,7,9H,4-6,8,10H2. The third-order valence-corrected chi connectivity index (χ3v) is 4.91. The van der Waals surface area contributed by atoms with Gasteiger partial charge in [-0.3, -0.25) is 4.98 Å². The van der Waals surface area contributed by atoms with Crippen LogP contribution in [0.2, 0.25) is 0 Å². The molecule has 2 aliphatic rings. The third-order valence-electron chi connectivity index (χ3n) is 4.42. The van der Waals surface area contributed by atoms with E-state index >= 15 is 0 Å². The van der Waals surface area contributed by atoms with E-state index in [1.807, 2.05) is 6.20 Å². The first-order valence-electron chi connectivity index (χ1n) is 6.55. The topological polar surface area (TPSA) is 16.1 Å². The Balaban J connectivity index is 1.82. The second kappa shape index (κ2) is 3.70. The zero-order valence-corrected chi connectivity index (χ0v) is 11.8. The van der Waals surface area contributed by atoms with Crippen LogP contribution in [0.15, 0.2) is 34.9 Å². The van der Waals surface area contributed by atoms with Gasteiger partial charge in [-0.25, -0.2) is 0 Å². The zero-order valence-electron chi connectivity index (χ0n) is 10.2. The summed E-state index contributed by atoms with van der Waals surface area (Å²) in [5, 5.41) is 1.27. The van der Waals surface area contributed by atoms with E-state index in [-0.39, 0.29) is 0 Å². The molecule has 1 aromatic carbocycles. The van der Waals surface area contributed by atoms with Crippen LogP contribution in [0.4, 0.5) is 5.69 Å². The van der Waals surface area contributed by atoms with Gasteiger partial charge in [0, 0.05) is 34.8 Å². The van der Waals surface area contributed by atoms with E-state index in [9.17, 15) is 0 Å². The Kier molecular flexibility index (Phi) is 2.22. The fourth-order valence-electron chi connectivity index (χ4n) is 3.11. The molecular formula is C15H15BrN2. The minimum atomic E-state index is 0.668. The van der Waals surface area contributed by atoms with Gasteiger partial charge in [0.25, 0.3) is 0 Å². The highest BCUT2D eigenvalue weighted by atomic mass is 79.9.